The van der Waals surface area contributed by atoms with Crippen LogP contribution >= 0.6 is 22.7 Å². The fourth-order valence-electron chi connectivity index (χ4n) is 9.92. The minimum Gasteiger partial charge on any atom is -0.454 e. The van der Waals surface area contributed by atoms with Crippen LogP contribution in [0.15, 0.2) is 77.2 Å². The fraction of sp³-hybridized carbons (Fsp3) is 0. The summed E-state index contributed by atoms with van der Waals surface area (Å²) in [5, 5.41) is 11.2. The number of aromatic nitrogens is 2. The lowest BCUT2D eigenvalue weighted by atomic mass is 9.64. The molecule has 56 heavy (non-hydrogen) atoms. The summed E-state index contributed by atoms with van der Waals surface area (Å²) in [6.07, 6.45) is 0. The number of fused-ring (bicyclic) bond motifs is 12. The van der Waals surface area contributed by atoms with Gasteiger partial charge in [0.1, 0.15) is 89.1 Å². The maximum atomic E-state index is 7.13. The molecule has 0 fully saturated rings. The molecule has 0 atom stereocenters. The average Bonchev–Trinajstić information content (AvgIpc) is 4.00. The lowest BCUT2D eigenvalue weighted by Gasteiger charge is -2.17. The smallest absolute Gasteiger partial charge is 0.159 e. The number of rotatable bonds is 2. The van der Waals surface area contributed by atoms with Gasteiger partial charge in [-0.3, -0.25) is 0 Å². The molecule has 3 nitrogen and oxygen atoms in total. The molecule has 11 rings (SSSR count). The van der Waals surface area contributed by atoms with Gasteiger partial charge >= 0.3 is 0 Å². The van der Waals surface area contributed by atoms with Crippen molar-refractivity contribution >= 4 is 241 Å². The van der Waals surface area contributed by atoms with Crippen molar-refractivity contribution in [1.29, 1.82) is 0 Å². The second-order valence-corrected chi connectivity index (χ2v) is 18.2. The van der Waals surface area contributed by atoms with Crippen LogP contribution in [0.5, 0.6) is 0 Å². The molecule has 0 radical (unpaired) electrons. The van der Waals surface area contributed by atoms with E-state index < -0.39 is 0 Å². The van der Waals surface area contributed by atoms with E-state index in [2.05, 4.69) is 156 Å². The second kappa shape index (κ2) is 11.8. The van der Waals surface area contributed by atoms with Crippen molar-refractivity contribution in [2.24, 2.45) is 0 Å². The number of hydrogen-bond donors (Lipinski definition) is 0. The molecule has 0 aliphatic heterocycles. The molecule has 0 aliphatic rings. The molecule has 0 amide bonds. The number of para-hydroxylation sites is 1. The highest BCUT2D eigenvalue weighted by atomic mass is 32.1. The van der Waals surface area contributed by atoms with Crippen molar-refractivity contribution in [3.05, 3.63) is 72.8 Å². The number of benzene rings is 7. The van der Waals surface area contributed by atoms with E-state index in [1.165, 1.54) is 112 Å². The van der Waals surface area contributed by atoms with E-state index in [4.69, 9.17) is 9.40 Å². The van der Waals surface area contributed by atoms with Crippen molar-refractivity contribution in [1.82, 2.24) is 9.55 Å². The van der Waals surface area contributed by atoms with Gasteiger partial charge in [-0.15, -0.1) is 39.1 Å². The predicted octanol–water partition coefficient (Wildman–Crippen LogP) is -4.94. The monoisotopic (exact) mass is 742 g/mol. The maximum Gasteiger partial charge on any atom is 0.159 e. The van der Waals surface area contributed by atoms with Crippen molar-refractivity contribution in [2.45, 2.75) is 0 Å². The van der Waals surface area contributed by atoms with Crippen LogP contribution in [0.25, 0.3) is 101 Å². The first kappa shape index (κ1) is 34.4. The zero-order valence-corrected chi connectivity index (χ0v) is 35.2. The minimum atomic E-state index is 0.901. The van der Waals surface area contributed by atoms with Crippen LogP contribution in [-0.4, -0.2) is 88.0 Å². The molecule has 0 N–H and O–H groups in total. The van der Waals surface area contributed by atoms with Crippen LogP contribution < -0.4 is 54.6 Å². The third kappa shape index (κ3) is 4.34. The van der Waals surface area contributed by atoms with Gasteiger partial charge in [0, 0.05) is 42.2 Å². The van der Waals surface area contributed by atoms with E-state index >= 15 is 0 Å². The molecule has 11 aromatic rings. The highest BCUT2D eigenvalue weighted by Crippen LogP contribution is 2.43. The summed E-state index contributed by atoms with van der Waals surface area (Å²) >= 11 is 3.75. The second-order valence-electron chi connectivity index (χ2n) is 16.2. The molecule has 0 spiro atoms. The highest BCUT2D eigenvalue weighted by molar-refractivity contribution is 7.28. The maximum absolute atomic E-state index is 7.13. The van der Waals surface area contributed by atoms with Gasteiger partial charge in [-0.1, -0.05) is 80.7 Å². The molecule has 15 heteroatoms. The summed E-state index contributed by atoms with van der Waals surface area (Å²) in [7, 11) is 23.2. The Hall–Kier alpha value is -4.84. The molecule has 0 unspecified atom stereocenters. The Bertz CT molecular complexity index is 3590. The minimum absolute atomic E-state index is 0.901. The summed E-state index contributed by atoms with van der Waals surface area (Å²) in [6.45, 7) is 0. The number of thiazole rings is 1. The zero-order valence-electron chi connectivity index (χ0n) is 33.5. The van der Waals surface area contributed by atoms with Crippen LogP contribution in [0, 0.1) is 0 Å². The lowest BCUT2D eigenvalue weighted by molar-refractivity contribution is 0.667. The van der Waals surface area contributed by atoms with Gasteiger partial charge in [-0.2, -0.15) is 0 Å². The molecule has 7 aromatic carbocycles. The van der Waals surface area contributed by atoms with Crippen LogP contribution in [0.3, 0.4) is 0 Å². The Balaban J connectivity index is 1.41. The number of furan rings is 1. The topological polar surface area (TPSA) is 31.0 Å². The van der Waals surface area contributed by atoms with Gasteiger partial charge in [0.05, 0.1) is 15.9 Å². The number of hydrogen-bond acceptors (Lipinski definition) is 4. The SMILES string of the molecule is Bc1c(B)c(B)c2c(sc3c(B)c4c5c(B)c(B)c(B)c(B)c5n(-c5cc(-c6nc7ccccc7s6)cc6c5oc5ccc7ccccc7c56)c4c(B)c32)c1B. The van der Waals surface area contributed by atoms with E-state index in [1.807, 2.05) is 11.3 Å². The van der Waals surface area contributed by atoms with Gasteiger partial charge in [-0.05, 0) is 57.3 Å². The molecule has 4 heterocycles. The Morgan fingerprint density at radius 2 is 1.12 bits per heavy atom. The lowest BCUT2D eigenvalue weighted by Crippen LogP contribution is -2.48. The molecule has 0 saturated carbocycles. The number of thiophene rings is 1. The van der Waals surface area contributed by atoms with Gasteiger partial charge in [-0.25, -0.2) is 4.98 Å². The van der Waals surface area contributed by atoms with Gasteiger partial charge in [0.2, 0.25) is 0 Å². The van der Waals surface area contributed by atoms with Crippen LogP contribution in [-0.2, 0) is 0 Å². The molecular weight excluding hydrogens is 709 g/mol. The summed E-state index contributed by atoms with van der Waals surface area (Å²) in [5.74, 6) is 0. The Morgan fingerprint density at radius 1 is 0.500 bits per heavy atom. The Morgan fingerprint density at radius 3 is 1.91 bits per heavy atom. The summed E-state index contributed by atoms with van der Waals surface area (Å²) in [5.41, 5.74) is 21.2. The van der Waals surface area contributed by atoms with E-state index in [-0.39, 0.29) is 0 Å². The molecule has 0 aliphatic carbocycles. The predicted molar refractivity (Wildman–Crippen MR) is 279 cm³/mol. The molecule has 4 aromatic heterocycles. The third-order valence-electron chi connectivity index (χ3n) is 13.6. The molecular formula is C41H32B10N2OS2. The van der Waals surface area contributed by atoms with E-state index in [1.54, 1.807) is 11.3 Å². The van der Waals surface area contributed by atoms with E-state index in [0.717, 1.165) is 43.7 Å². The van der Waals surface area contributed by atoms with Crippen LogP contribution in [0.1, 0.15) is 0 Å². The fourth-order valence-corrected chi connectivity index (χ4v) is 12.4. The van der Waals surface area contributed by atoms with E-state index in [0.29, 0.717) is 0 Å². The van der Waals surface area contributed by atoms with Crippen LogP contribution in [0.2, 0.25) is 0 Å². The van der Waals surface area contributed by atoms with Gasteiger partial charge in [0.15, 0.2) is 5.58 Å². The van der Waals surface area contributed by atoms with Gasteiger partial charge < -0.3 is 8.98 Å². The summed E-state index contributed by atoms with van der Waals surface area (Å²) < 4.78 is 13.7. The summed E-state index contributed by atoms with van der Waals surface area (Å²) in [4.78, 5) is 5.23. The third-order valence-corrected chi connectivity index (χ3v) is 16.1. The van der Waals surface area contributed by atoms with E-state index in [9.17, 15) is 0 Å². The molecule has 254 valence electrons. The van der Waals surface area contributed by atoms with Crippen molar-refractivity contribution in [3.63, 3.8) is 0 Å². The Kier molecular flexibility index (Phi) is 7.28. The van der Waals surface area contributed by atoms with Crippen molar-refractivity contribution in [2.75, 3.05) is 0 Å². The van der Waals surface area contributed by atoms with Crippen molar-refractivity contribution in [3.8, 4) is 16.3 Å². The quantitative estimate of drug-likeness (QED) is 0.167. The molecule has 0 bridgehead atoms. The normalized spacial score (nSPS) is 12.3. The first-order chi connectivity index (χ1) is 27.0. The number of nitrogens with zero attached hydrogens (tertiary/aromatic N) is 2. The average molecular weight is 741 g/mol. The van der Waals surface area contributed by atoms with Gasteiger partial charge in [0.25, 0.3) is 0 Å². The zero-order chi connectivity index (χ0) is 38.6. The molecule has 0 saturated heterocycles. The Labute approximate surface area is 341 Å². The first-order valence-corrected chi connectivity index (χ1v) is 21.2. The largest absolute Gasteiger partial charge is 0.454 e. The summed E-state index contributed by atoms with van der Waals surface area (Å²) in [6, 6.07) is 26.2. The first-order valence-electron chi connectivity index (χ1n) is 19.6. The van der Waals surface area contributed by atoms with Crippen LogP contribution in [0.4, 0.5) is 0 Å². The van der Waals surface area contributed by atoms with Crippen molar-refractivity contribution < 1.29 is 4.42 Å². The standard InChI is InChI=1S/C41H32B10N2OS2/c42-26-22-23-29(45)39-25(24-27(43)31(47)33(49)35(51)40(24)56-39)28(44)36(23)53(37(22)34(50)32(48)30(26)46)18-12-14(41-52-17-7-3-4-8-20(17)55-41)11-16-21-15-6-2-1-5-13(15)9-10-19(21)54-38(16)18/h1-12H,42-51H2. The highest BCUT2D eigenvalue weighted by Gasteiger charge is 2.28.